The Labute approximate surface area is 198 Å². The number of anilines is 1. The molecule has 0 radical (unpaired) electrons. The Balaban J connectivity index is 0.000000303. The van der Waals surface area contributed by atoms with E-state index in [-0.39, 0.29) is 11.3 Å². The number of rotatable bonds is 5. The van der Waals surface area contributed by atoms with Crippen molar-refractivity contribution in [1.82, 2.24) is 0 Å². The maximum Gasteiger partial charge on any atom is 0.340 e. The molecular weight excluding hydrogens is 494 g/mol. The van der Waals surface area contributed by atoms with Crippen LogP contribution in [-0.4, -0.2) is 34.6 Å². The molecule has 0 saturated heterocycles. The fourth-order valence-electron chi connectivity index (χ4n) is 2.83. The maximum atomic E-state index is 14.2. The second kappa shape index (κ2) is 11.5. The van der Waals surface area contributed by atoms with E-state index in [2.05, 4.69) is 9.47 Å². The Morgan fingerprint density at radius 1 is 0.771 bits per heavy atom. The molecule has 186 valence electrons. The summed E-state index contributed by atoms with van der Waals surface area (Å²) in [6.07, 6.45) is 0. The molecule has 0 amide bonds. The van der Waals surface area contributed by atoms with Gasteiger partial charge in [0.2, 0.25) is 0 Å². The van der Waals surface area contributed by atoms with Crippen molar-refractivity contribution in [2.45, 2.75) is 10.6 Å². The van der Waals surface area contributed by atoms with Crippen molar-refractivity contribution >= 4 is 27.5 Å². The standard InChI is InChI=1S/C15H11F3O4S.C8H8FNO2/c1-22-15(19)10-5-2-4-9(13(10)18)8-23(20,21)14-11(16)6-3-7-12(14)17;1-12-8(11)5-3-2-4-6(10)7(5)9/h2-7H,8H2,1H3;2-4H,10H2,1H3. The molecule has 0 atom stereocenters. The lowest BCUT2D eigenvalue weighted by Gasteiger charge is -2.09. The SMILES string of the molecule is COC(=O)c1cccc(CS(=O)(=O)c2c(F)cccc2F)c1F.COC(=O)c1cccc(N)c1F. The first-order valence-electron chi connectivity index (χ1n) is 9.59. The Morgan fingerprint density at radius 2 is 1.23 bits per heavy atom. The van der Waals surface area contributed by atoms with Gasteiger partial charge in [0.15, 0.2) is 15.7 Å². The molecule has 0 aliphatic carbocycles. The summed E-state index contributed by atoms with van der Waals surface area (Å²) in [4.78, 5) is 21.1. The molecule has 0 heterocycles. The molecule has 12 heteroatoms. The number of hydrogen-bond acceptors (Lipinski definition) is 7. The zero-order valence-electron chi connectivity index (χ0n) is 18.4. The van der Waals surface area contributed by atoms with Crippen LogP contribution in [0.3, 0.4) is 0 Å². The van der Waals surface area contributed by atoms with Gasteiger partial charge in [0.25, 0.3) is 0 Å². The first-order chi connectivity index (χ1) is 16.4. The average molecular weight is 513 g/mol. The fourth-order valence-corrected chi connectivity index (χ4v) is 4.34. The topological polar surface area (TPSA) is 113 Å². The second-order valence-corrected chi connectivity index (χ2v) is 8.71. The average Bonchev–Trinajstić information content (AvgIpc) is 2.81. The van der Waals surface area contributed by atoms with Crippen LogP contribution in [0.4, 0.5) is 23.2 Å². The number of carbonyl (C=O) groups excluding carboxylic acids is 2. The summed E-state index contributed by atoms with van der Waals surface area (Å²) in [7, 11) is -2.26. The summed E-state index contributed by atoms with van der Waals surface area (Å²) in [5.41, 5.74) is 4.17. The summed E-state index contributed by atoms with van der Waals surface area (Å²) in [6.45, 7) is 0. The Bertz CT molecular complexity index is 1340. The van der Waals surface area contributed by atoms with E-state index < -0.39 is 66.8 Å². The van der Waals surface area contributed by atoms with Crippen LogP contribution in [0.1, 0.15) is 26.3 Å². The van der Waals surface area contributed by atoms with E-state index in [4.69, 9.17) is 5.73 Å². The van der Waals surface area contributed by atoms with Crippen LogP contribution >= 0.6 is 0 Å². The number of nitrogen functional groups attached to an aromatic ring is 1. The maximum absolute atomic E-state index is 14.2. The number of carbonyl (C=O) groups is 2. The highest BCUT2D eigenvalue weighted by Crippen LogP contribution is 2.25. The number of esters is 2. The van der Waals surface area contributed by atoms with Crippen molar-refractivity contribution in [1.29, 1.82) is 0 Å². The molecule has 35 heavy (non-hydrogen) atoms. The molecule has 7 nitrogen and oxygen atoms in total. The molecule has 0 aromatic heterocycles. The van der Waals surface area contributed by atoms with Crippen molar-refractivity contribution in [3.8, 4) is 0 Å². The lowest BCUT2D eigenvalue weighted by molar-refractivity contribution is 0.0586. The number of halogens is 4. The van der Waals surface area contributed by atoms with E-state index in [0.717, 1.165) is 37.4 Å². The zero-order valence-corrected chi connectivity index (χ0v) is 19.2. The Morgan fingerprint density at radius 3 is 1.74 bits per heavy atom. The molecule has 0 spiro atoms. The van der Waals surface area contributed by atoms with Gasteiger partial charge in [-0.1, -0.05) is 24.3 Å². The van der Waals surface area contributed by atoms with Crippen molar-refractivity contribution in [3.63, 3.8) is 0 Å². The third kappa shape index (κ3) is 6.35. The molecule has 0 saturated carbocycles. The van der Waals surface area contributed by atoms with Gasteiger partial charge in [-0.2, -0.15) is 0 Å². The number of nitrogens with two attached hydrogens (primary N) is 1. The van der Waals surface area contributed by atoms with E-state index >= 15 is 0 Å². The van der Waals surface area contributed by atoms with Crippen LogP contribution < -0.4 is 5.73 Å². The molecular formula is C23H19F4NO6S. The van der Waals surface area contributed by atoms with Gasteiger partial charge in [-0.05, 0) is 30.3 Å². The largest absolute Gasteiger partial charge is 0.465 e. The third-order valence-corrected chi connectivity index (χ3v) is 6.20. The Hall–Kier alpha value is -3.93. The molecule has 3 aromatic carbocycles. The van der Waals surface area contributed by atoms with E-state index in [9.17, 15) is 35.6 Å². The lowest BCUT2D eigenvalue weighted by atomic mass is 10.1. The second-order valence-electron chi connectivity index (χ2n) is 6.78. The van der Waals surface area contributed by atoms with E-state index in [1.165, 1.54) is 31.4 Å². The van der Waals surface area contributed by atoms with Crippen molar-refractivity contribution in [2.75, 3.05) is 20.0 Å². The zero-order chi connectivity index (χ0) is 26.3. The quantitative estimate of drug-likeness (QED) is 0.311. The van der Waals surface area contributed by atoms with Crippen LogP contribution in [0.25, 0.3) is 0 Å². The fraction of sp³-hybridized carbons (Fsp3) is 0.130. The molecule has 0 fully saturated rings. The van der Waals surface area contributed by atoms with Crippen LogP contribution in [0.2, 0.25) is 0 Å². The minimum absolute atomic E-state index is 0.0575. The molecule has 3 rings (SSSR count). The monoisotopic (exact) mass is 513 g/mol. The lowest BCUT2D eigenvalue weighted by Crippen LogP contribution is -2.13. The van der Waals surface area contributed by atoms with Crippen LogP contribution in [0, 0.1) is 23.3 Å². The predicted molar refractivity (Wildman–Crippen MR) is 117 cm³/mol. The van der Waals surface area contributed by atoms with Crippen molar-refractivity contribution in [2.24, 2.45) is 0 Å². The van der Waals surface area contributed by atoms with Gasteiger partial charge in [0, 0.05) is 5.56 Å². The molecule has 0 aliphatic rings. The van der Waals surface area contributed by atoms with Gasteiger partial charge in [0.05, 0.1) is 36.8 Å². The first-order valence-corrected chi connectivity index (χ1v) is 11.2. The molecule has 0 bridgehead atoms. The summed E-state index contributed by atoms with van der Waals surface area (Å²) in [5, 5.41) is 0. The number of hydrogen-bond donors (Lipinski definition) is 1. The van der Waals surface area contributed by atoms with Gasteiger partial charge >= 0.3 is 11.9 Å². The summed E-state index contributed by atoms with van der Waals surface area (Å²) >= 11 is 0. The van der Waals surface area contributed by atoms with E-state index in [1.54, 1.807) is 0 Å². The summed E-state index contributed by atoms with van der Waals surface area (Å²) < 4.78 is 87.5. The molecule has 0 unspecified atom stereocenters. The highest BCUT2D eigenvalue weighted by molar-refractivity contribution is 7.90. The van der Waals surface area contributed by atoms with Gasteiger partial charge in [-0.25, -0.2) is 35.6 Å². The van der Waals surface area contributed by atoms with Crippen LogP contribution in [-0.2, 0) is 25.1 Å². The minimum Gasteiger partial charge on any atom is -0.465 e. The van der Waals surface area contributed by atoms with E-state index in [1.807, 2.05) is 0 Å². The first kappa shape index (κ1) is 27.3. The molecule has 3 aromatic rings. The van der Waals surface area contributed by atoms with Gasteiger partial charge in [-0.15, -0.1) is 0 Å². The van der Waals surface area contributed by atoms with Crippen molar-refractivity contribution < 1.29 is 45.0 Å². The number of benzene rings is 3. The smallest absolute Gasteiger partial charge is 0.340 e. The van der Waals surface area contributed by atoms with Gasteiger partial charge in [0.1, 0.15) is 22.3 Å². The van der Waals surface area contributed by atoms with Gasteiger partial charge in [-0.3, -0.25) is 0 Å². The normalized spacial score (nSPS) is 10.7. The number of sulfone groups is 1. The van der Waals surface area contributed by atoms with Gasteiger partial charge < -0.3 is 15.2 Å². The number of methoxy groups -OCH3 is 2. The van der Waals surface area contributed by atoms with E-state index in [0.29, 0.717) is 0 Å². The number of ether oxygens (including phenoxy) is 2. The molecule has 2 N–H and O–H groups in total. The van der Waals surface area contributed by atoms with Crippen LogP contribution in [0.5, 0.6) is 0 Å². The van der Waals surface area contributed by atoms with Crippen molar-refractivity contribution in [3.05, 3.63) is 94.6 Å². The summed E-state index contributed by atoms with van der Waals surface area (Å²) in [6, 6.07) is 10.2. The third-order valence-electron chi connectivity index (χ3n) is 4.49. The molecule has 0 aliphatic heterocycles. The summed E-state index contributed by atoms with van der Waals surface area (Å²) in [5.74, 6) is -7.09. The van der Waals surface area contributed by atoms with Crippen LogP contribution in [0.15, 0.2) is 59.5 Å². The minimum atomic E-state index is -4.49. The predicted octanol–water partition coefficient (Wildman–Crippen LogP) is 4.06. The highest BCUT2D eigenvalue weighted by Gasteiger charge is 2.27. The Kier molecular flexibility index (Phi) is 8.95. The highest BCUT2D eigenvalue weighted by atomic mass is 32.2.